The number of benzene rings is 1. The number of anilines is 2. The molecule has 0 amide bonds. The molecule has 0 unspecified atom stereocenters. The standard InChI is InChI=1S/C23H23FN6S/c24-19-12-17(30-11-1-10-27-30)5-8-20(19)28-16-3-6-18(7-4-16)31-23-9-2-15-14-26-22(25)13-21(15)29-23/h1-2,5,8-14,16,18,28H,3-4,6-7H2,(H2,25,26). The Morgan fingerprint density at radius 3 is 2.74 bits per heavy atom. The molecule has 3 aromatic heterocycles. The highest BCUT2D eigenvalue weighted by Crippen LogP contribution is 2.35. The van der Waals surface area contributed by atoms with E-state index in [4.69, 9.17) is 10.7 Å². The van der Waals surface area contributed by atoms with Crippen LogP contribution in [0.5, 0.6) is 0 Å². The largest absolute Gasteiger partial charge is 0.384 e. The van der Waals surface area contributed by atoms with Gasteiger partial charge in [-0.1, -0.05) is 0 Å². The number of pyridine rings is 2. The van der Waals surface area contributed by atoms with Crippen LogP contribution in [-0.4, -0.2) is 31.0 Å². The zero-order chi connectivity index (χ0) is 21.2. The number of hydrogen-bond donors (Lipinski definition) is 2. The minimum absolute atomic E-state index is 0.251. The number of nitrogens with two attached hydrogens (primary N) is 1. The Bertz CT molecular complexity index is 1190. The van der Waals surface area contributed by atoms with Gasteiger partial charge in [-0.2, -0.15) is 5.10 Å². The van der Waals surface area contributed by atoms with E-state index >= 15 is 0 Å². The lowest BCUT2D eigenvalue weighted by Crippen LogP contribution is -2.27. The summed E-state index contributed by atoms with van der Waals surface area (Å²) in [6, 6.07) is 13.2. The van der Waals surface area contributed by atoms with Crippen molar-refractivity contribution in [2.45, 2.75) is 42.0 Å². The van der Waals surface area contributed by atoms with Crippen molar-refractivity contribution in [1.29, 1.82) is 0 Å². The van der Waals surface area contributed by atoms with Crippen molar-refractivity contribution in [3.8, 4) is 5.69 Å². The van der Waals surface area contributed by atoms with Gasteiger partial charge < -0.3 is 11.1 Å². The summed E-state index contributed by atoms with van der Waals surface area (Å²) in [7, 11) is 0. The number of halogens is 1. The van der Waals surface area contributed by atoms with Crippen LogP contribution in [0.3, 0.4) is 0 Å². The smallest absolute Gasteiger partial charge is 0.148 e. The van der Waals surface area contributed by atoms with Gasteiger partial charge >= 0.3 is 0 Å². The third kappa shape index (κ3) is 4.49. The maximum absolute atomic E-state index is 14.6. The fraction of sp³-hybridized carbons (Fsp3) is 0.261. The summed E-state index contributed by atoms with van der Waals surface area (Å²) < 4.78 is 16.2. The van der Waals surface area contributed by atoms with Crippen molar-refractivity contribution in [2.75, 3.05) is 11.1 Å². The molecule has 1 aliphatic rings. The molecule has 1 saturated carbocycles. The molecule has 3 heterocycles. The van der Waals surface area contributed by atoms with Gasteiger partial charge in [0.05, 0.1) is 21.9 Å². The topological polar surface area (TPSA) is 81.6 Å². The van der Waals surface area contributed by atoms with Gasteiger partial charge in [0.15, 0.2) is 0 Å². The number of nitrogens with one attached hydrogen (secondary N) is 1. The summed E-state index contributed by atoms with van der Waals surface area (Å²) >= 11 is 1.81. The van der Waals surface area contributed by atoms with Crippen LogP contribution in [0.15, 0.2) is 66.1 Å². The Morgan fingerprint density at radius 2 is 1.97 bits per heavy atom. The zero-order valence-electron chi connectivity index (χ0n) is 16.9. The molecule has 1 aromatic carbocycles. The molecule has 0 bridgehead atoms. The van der Waals surface area contributed by atoms with E-state index < -0.39 is 0 Å². The molecular weight excluding hydrogens is 411 g/mol. The number of rotatable bonds is 5. The van der Waals surface area contributed by atoms with E-state index in [9.17, 15) is 4.39 Å². The van der Waals surface area contributed by atoms with Crippen molar-refractivity contribution in [3.05, 3.63) is 66.9 Å². The average Bonchev–Trinajstić information content (AvgIpc) is 3.31. The molecule has 6 nitrogen and oxygen atoms in total. The molecule has 31 heavy (non-hydrogen) atoms. The Morgan fingerprint density at radius 1 is 1.10 bits per heavy atom. The van der Waals surface area contributed by atoms with Crippen LogP contribution < -0.4 is 11.1 Å². The second-order valence-corrected chi connectivity index (χ2v) is 9.12. The number of thioether (sulfide) groups is 1. The van der Waals surface area contributed by atoms with E-state index in [2.05, 4.69) is 15.4 Å². The van der Waals surface area contributed by atoms with Crippen LogP contribution in [0.1, 0.15) is 25.7 Å². The molecule has 0 radical (unpaired) electrons. The lowest BCUT2D eigenvalue weighted by molar-refractivity contribution is 0.470. The number of aromatic nitrogens is 4. The highest BCUT2D eigenvalue weighted by Gasteiger charge is 2.23. The molecule has 158 valence electrons. The summed E-state index contributed by atoms with van der Waals surface area (Å²) in [5.41, 5.74) is 7.93. The molecule has 3 N–H and O–H groups in total. The molecule has 1 fully saturated rings. The minimum Gasteiger partial charge on any atom is -0.384 e. The Kier molecular flexibility index (Phi) is 5.46. The van der Waals surface area contributed by atoms with Crippen molar-refractivity contribution < 1.29 is 4.39 Å². The van der Waals surface area contributed by atoms with Gasteiger partial charge in [-0.15, -0.1) is 11.8 Å². The lowest BCUT2D eigenvalue weighted by atomic mass is 9.95. The van der Waals surface area contributed by atoms with Gasteiger partial charge in [-0.3, -0.25) is 0 Å². The van der Waals surface area contributed by atoms with E-state index in [-0.39, 0.29) is 11.9 Å². The monoisotopic (exact) mass is 434 g/mol. The van der Waals surface area contributed by atoms with Crippen molar-refractivity contribution >= 4 is 34.2 Å². The van der Waals surface area contributed by atoms with Gasteiger partial charge in [-0.25, -0.2) is 19.0 Å². The first-order valence-electron chi connectivity index (χ1n) is 10.4. The van der Waals surface area contributed by atoms with Crippen molar-refractivity contribution in [2.24, 2.45) is 0 Å². The predicted molar refractivity (Wildman–Crippen MR) is 123 cm³/mol. The van der Waals surface area contributed by atoms with E-state index in [1.165, 1.54) is 6.07 Å². The van der Waals surface area contributed by atoms with Crippen molar-refractivity contribution in [1.82, 2.24) is 19.7 Å². The normalized spacial score (nSPS) is 18.9. The Balaban J connectivity index is 1.18. The van der Waals surface area contributed by atoms with Gasteiger partial charge in [0, 0.05) is 47.4 Å². The Labute approximate surface area is 184 Å². The maximum Gasteiger partial charge on any atom is 0.148 e. The number of hydrogen-bond acceptors (Lipinski definition) is 6. The maximum atomic E-state index is 14.6. The fourth-order valence-electron chi connectivity index (χ4n) is 3.98. The van der Waals surface area contributed by atoms with Crippen molar-refractivity contribution in [3.63, 3.8) is 0 Å². The second-order valence-electron chi connectivity index (χ2n) is 7.80. The number of nitrogen functional groups attached to an aromatic ring is 1. The van der Waals surface area contributed by atoms with Crippen LogP contribution in [0.2, 0.25) is 0 Å². The molecule has 8 heteroatoms. The van der Waals surface area contributed by atoms with Gasteiger partial charge in [0.1, 0.15) is 11.6 Å². The lowest BCUT2D eigenvalue weighted by Gasteiger charge is -2.29. The first-order valence-corrected chi connectivity index (χ1v) is 11.3. The van der Waals surface area contributed by atoms with Crippen LogP contribution in [-0.2, 0) is 0 Å². The van der Waals surface area contributed by atoms with Crippen LogP contribution in [0, 0.1) is 5.82 Å². The minimum atomic E-state index is -0.251. The van der Waals surface area contributed by atoms with Gasteiger partial charge in [0.25, 0.3) is 0 Å². The highest BCUT2D eigenvalue weighted by molar-refractivity contribution is 7.99. The molecular formula is C23H23FN6S. The number of fused-ring (bicyclic) bond motifs is 1. The summed E-state index contributed by atoms with van der Waals surface area (Å²) in [5.74, 6) is 0.234. The van der Waals surface area contributed by atoms with Crippen LogP contribution in [0.4, 0.5) is 15.9 Å². The van der Waals surface area contributed by atoms with E-state index in [0.717, 1.165) is 41.6 Å². The third-order valence-electron chi connectivity index (χ3n) is 5.61. The SMILES string of the molecule is Nc1cc2nc(SC3CCC(Nc4ccc(-n5cccn5)cc4F)CC3)ccc2cn1. The fourth-order valence-corrected chi connectivity index (χ4v) is 5.13. The van der Waals surface area contributed by atoms with Gasteiger partial charge in [0.2, 0.25) is 0 Å². The molecule has 1 aliphatic carbocycles. The van der Waals surface area contributed by atoms with Gasteiger partial charge in [-0.05, 0) is 56.0 Å². The molecule has 0 saturated heterocycles. The van der Waals surface area contributed by atoms with Crippen LogP contribution in [0.25, 0.3) is 16.6 Å². The highest BCUT2D eigenvalue weighted by atomic mass is 32.2. The summed E-state index contributed by atoms with van der Waals surface area (Å²) in [4.78, 5) is 8.84. The van der Waals surface area contributed by atoms with Crippen LogP contribution >= 0.6 is 11.8 Å². The molecule has 4 aromatic rings. The summed E-state index contributed by atoms with van der Waals surface area (Å²) in [6.07, 6.45) is 9.37. The predicted octanol–water partition coefficient (Wildman–Crippen LogP) is 5.05. The Hall–Kier alpha value is -3.13. The second kappa shape index (κ2) is 8.55. The molecule has 0 aliphatic heterocycles. The van der Waals surface area contributed by atoms with E-state index in [1.807, 2.05) is 42.1 Å². The first-order chi connectivity index (χ1) is 15.1. The van der Waals surface area contributed by atoms with E-state index in [1.54, 1.807) is 29.3 Å². The zero-order valence-corrected chi connectivity index (χ0v) is 17.7. The van der Waals surface area contributed by atoms with E-state index in [0.29, 0.717) is 22.4 Å². The number of nitrogens with zero attached hydrogens (tertiary/aromatic N) is 4. The molecule has 0 spiro atoms. The average molecular weight is 435 g/mol. The summed E-state index contributed by atoms with van der Waals surface area (Å²) in [5, 5.41) is 10.0. The molecule has 5 rings (SSSR count). The third-order valence-corrected chi connectivity index (χ3v) is 6.89. The molecule has 0 atom stereocenters. The first kappa shape index (κ1) is 19.8. The quantitative estimate of drug-likeness (QED) is 0.457. The summed E-state index contributed by atoms with van der Waals surface area (Å²) in [6.45, 7) is 0.